The number of para-hydroxylation sites is 2. The maximum atomic E-state index is 6.43. The summed E-state index contributed by atoms with van der Waals surface area (Å²) in [5.41, 5.74) is 15.6. The van der Waals surface area contributed by atoms with Crippen molar-refractivity contribution in [3.63, 3.8) is 0 Å². The molecule has 9 aromatic carbocycles. The maximum absolute atomic E-state index is 6.43. The molecule has 3 heteroatoms. The summed E-state index contributed by atoms with van der Waals surface area (Å²) in [4.78, 5) is 2.30. The Hall–Kier alpha value is -7.88. The van der Waals surface area contributed by atoms with E-state index in [4.69, 9.17) is 8.83 Å². The number of anilines is 3. The van der Waals surface area contributed by atoms with E-state index >= 15 is 0 Å². The molecule has 0 saturated heterocycles. The van der Waals surface area contributed by atoms with E-state index in [0.717, 1.165) is 60.9 Å². The van der Waals surface area contributed by atoms with Gasteiger partial charge >= 0.3 is 0 Å². The molecule has 11 aromatic rings. The summed E-state index contributed by atoms with van der Waals surface area (Å²) in [6, 6.07) is 67.5. The molecule has 1 atom stereocenters. The minimum absolute atomic E-state index is 0.118. The molecule has 280 valence electrons. The average Bonchev–Trinajstić information content (AvgIpc) is 3.99. The van der Waals surface area contributed by atoms with Crippen molar-refractivity contribution in [2.24, 2.45) is 0 Å². The number of hydrogen-bond donors (Lipinski definition) is 0. The van der Waals surface area contributed by atoms with Crippen LogP contribution in [0.3, 0.4) is 0 Å². The van der Waals surface area contributed by atoms with E-state index < -0.39 is 0 Å². The van der Waals surface area contributed by atoms with Crippen molar-refractivity contribution in [2.45, 2.75) is 5.92 Å². The van der Waals surface area contributed by atoms with Gasteiger partial charge in [-0.1, -0.05) is 146 Å². The lowest BCUT2D eigenvalue weighted by molar-refractivity contribution is 0.669. The van der Waals surface area contributed by atoms with Gasteiger partial charge < -0.3 is 13.7 Å². The van der Waals surface area contributed by atoms with Crippen LogP contribution in [0, 0.1) is 0 Å². The first-order chi connectivity index (χ1) is 29.8. The van der Waals surface area contributed by atoms with Gasteiger partial charge in [-0.3, -0.25) is 0 Å². The Balaban J connectivity index is 0.984. The molecule has 0 amide bonds. The van der Waals surface area contributed by atoms with Crippen LogP contribution in [-0.2, 0) is 0 Å². The molecule has 60 heavy (non-hydrogen) atoms. The Morgan fingerprint density at radius 1 is 0.383 bits per heavy atom. The Morgan fingerprint density at radius 3 is 1.52 bits per heavy atom. The number of hydrogen-bond acceptors (Lipinski definition) is 3. The predicted molar refractivity (Wildman–Crippen MR) is 249 cm³/mol. The van der Waals surface area contributed by atoms with E-state index in [9.17, 15) is 0 Å². The van der Waals surface area contributed by atoms with Crippen molar-refractivity contribution < 1.29 is 8.83 Å². The molecule has 0 radical (unpaired) electrons. The van der Waals surface area contributed by atoms with E-state index in [1.807, 2.05) is 24.3 Å². The fourth-order valence-electron chi connectivity index (χ4n) is 10.1. The van der Waals surface area contributed by atoms with Crippen LogP contribution >= 0.6 is 0 Å². The van der Waals surface area contributed by atoms with Gasteiger partial charge in [0.25, 0.3) is 0 Å². The van der Waals surface area contributed by atoms with Gasteiger partial charge in [0.05, 0.1) is 0 Å². The molecule has 2 heterocycles. The Bertz CT molecular complexity index is 3540. The second kappa shape index (κ2) is 12.8. The van der Waals surface area contributed by atoms with Gasteiger partial charge in [-0.2, -0.15) is 0 Å². The third kappa shape index (κ3) is 4.84. The normalized spacial score (nSPS) is 14.8. The first-order valence-corrected chi connectivity index (χ1v) is 20.6. The lowest BCUT2D eigenvalue weighted by Gasteiger charge is -2.26. The summed E-state index contributed by atoms with van der Waals surface area (Å²) in [5, 5.41) is 9.65. The van der Waals surface area contributed by atoms with E-state index in [0.29, 0.717) is 0 Å². The number of nitrogens with zero attached hydrogens (tertiary/aromatic N) is 1. The minimum atomic E-state index is 0.118. The molecular formula is C57H35NO2. The summed E-state index contributed by atoms with van der Waals surface area (Å²) in [6.45, 7) is 0. The van der Waals surface area contributed by atoms with Crippen molar-refractivity contribution in [3.05, 3.63) is 234 Å². The molecule has 0 N–H and O–H groups in total. The molecule has 0 saturated carbocycles. The lowest BCUT2D eigenvalue weighted by Crippen LogP contribution is -2.10. The Kier molecular flexibility index (Phi) is 7.07. The van der Waals surface area contributed by atoms with Crippen LogP contribution in [0.25, 0.3) is 76.6 Å². The van der Waals surface area contributed by atoms with Crippen LogP contribution in [0.4, 0.5) is 17.1 Å². The van der Waals surface area contributed by atoms with Crippen LogP contribution in [0.15, 0.2) is 221 Å². The minimum Gasteiger partial charge on any atom is -0.456 e. The molecule has 2 aliphatic carbocycles. The second-order valence-corrected chi connectivity index (χ2v) is 15.9. The topological polar surface area (TPSA) is 29.5 Å². The second-order valence-electron chi connectivity index (χ2n) is 15.9. The van der Waals surface area contributed by atoms with Crippen LogP contribution in [0.2, 0.25) is 0 Å². The highest BCUT2D eigenvalue weighted by Crippen LogP contribution is 2.56. The molecule has 3 nitrogen and oxygen atoms in total. The smallest absolute Gasteiger partial charge is 0.137 e. The first kappa shape index (κ1) is 33.1. The molecule has 0 bridgehead atoms. The van der Waals surface area contributed by atoms with E-state index in [2.05, 4.69) is 187 Å². The van der Waals surface area contributed by atoms with Gasteiger partial charge in [0.15, 0.2) is 0 Å². The van der Waals surface area contributed by atoms with Crippen molar-refractivity contribution >= 4 is 93.6 Å². The molecule has 13 rings (SSSR count). The standard InChI is InChI=1S/C57H35NO2/c1-2-13-36(14-3-1)54-55-40(21-12-22-49(55)56-47-19-6-4-15-41(47)42-16-5-7-20-48(42)57(54)56)35-25-27-37(28-26-35)58(38-29-31-45-43-17-8-10-23-50(43)59-52(45)33-38)39-30-32-46-44-18-9-11-24-51(44)60-53(46)34-39/h1-34,49H. The SMILES string of the molecule is C1=CC2C(=C(c3ccccc3)c3c2c2ccccc2c2ccccc32)C(c2ccc(N(c3ccc4c(c3)oc3ccccc34)c3ccc4c(c3)oc3ccccc34)cc2)=C1. The summed E-state index contributed by atoms with van der Waals surface area (Å²) < 4.78 is 12.9. The number of rotatable bonds is 5. The highest BCUT2D eigenvalue weighted by atomic mass is 16.3. The van der Waals surface area contributed by atoms with E-state index in [1.54, 1.807) is 0 Å². The zero-order valence-electron chi connectivity index (χ0n) is 32.5. The summed E-state index contributed by atoms with van der Waals surface area (Å²) in [7, 11) is 0. The van der Waals surface area contributed by atoms with Gasteiger partial charge in [-0.15, -0.1) is 0 Å². The van der Waals surface area contributed by atoms with Gasteiger partial charge in [0.1, 0.15) is 22.3 Å². The quantitative estimate of drug-likeness (QED) is 0.163. The number of benzene rings is 9. The first-order valence-electron chi connectivity index (χ1n) is 20.6. The fourth-order valence-corrected chi connectivity index (χ4v) is 10.1. The molecule has 1 unspecified atom stereocenters. The molecule has 2 aliphatic rings. The van der Waals surface area contributed by atoms with Gasteiger partial charge in [0, 0.05) is 56.7 Å². The maximum Gasteiger partial charge on any atom is 0.137 e. The number of allylic oxidation sites excluding steroid dienone is 5. The number of fused-ring (bicyclic) bond motifs is 14. The molecular weight excluding hydrogens is 731 g/mol. The Labute approximate surface area is 346 Å². The van der Waals surface area contributed by atoms with Gasteiger partial charge in [0.2, 0.25) is 0 Å². The van der Waals surface area contributed by atoms with Crippen molar-refractivity contribution in [1.29, 1.82) is 0 Å². The summed E-state index contributed by atoms with van der Waals surface area (Å²) in [5.74, 6) is 0.118. The third-order valence-electron chi connectivity index (χ3n) is 12.7. The summed E-state index contributed by atoms with van der Waals surface area (Å²) in [6.07, 6.45) is 6.96. The van der Waals surface area contributed by atoms with E-state index in [-0.39, 0.29) is 5.92 Å². The lowest BCUT2D eigenvalue weighted by atomic mass is 9.81. The van der Waals surface area contributed by atoms with Gasteiger partial charge in [-0.05, 0) is 109 Å². The molecule has 2 aromatic heterocycles. The molecule has 0 spiro atoms. The largest absolute Gasteiger partial charge is 0.456 e. The van der Waals surface area contributed by atoms with E-state index in [1.165, 1.54) is 60.5 Å². The third-order valence-corrected chi connectivity index (χ3v) is 12.7. The van der Waals surface area contributed by atoms with Gasteiger partial charge in [-0.25, -0.2) is 0 Å². The highest BCUT2D eigenvalue weighted by Gasteiger charge is 2.37. The van der Waals surface area contributed by atoms with Crippen LogP contribution in [-0.4, -0.2) is 0 Å². The zero-order valence-corrected chi connectivity index (χ0v) is 32.5. The zero-order chi connectivity index (χ0) is 39.3. The van der Waals surface area contributed by atoms with Crippen LogP contribution < -0.4 is 4.90 Å². The van der Waals surface area contributed by atoms with Crippen LogP contribution in [0.5, 0.6) is 0 Å². The Morgan fingerprint density at radius 2 is 0.883 bits per heavy atom. The average molecular weight is 766 g/mol. The van der Waals surface area contributed by atoms with Crippen molar-refractivity contribution in [1.82, 2.24) is 0 Å². The summed E-state index contributed by atoms with van der Waals surface area (Å²) >= 11 is 0. The highest BCUT2D eigenvalue weighted by molar-refractivity contribution is 6.19. The monoisotopic (exact) mass is 765 g/mol. The predicted octanol–water partition coefficient (Wildman–Crippen LogP) is 15.8. The van der Waals surface area contributed by atoms with Crippen molar-refractivity contribution in [3.8, 4) is 0 Å². The van der Waals surface area contributed by atoms with Crippen LogP contribution in [0.1, 0.15) is 28.2 Å². The molecule has 0 fully saturated rings. The molecule has 0 aliphatic heterocycles. The number of furan rings is 2. The fraction of sp³-hybridized carbons (Fsp3) is 0.0175. The van der Waals surface area contributed by atoms with Crippen molar-refractivity contribution in [2.75, 3.05) is 4.90 Å².